The number of hydrogen-bond acceptors (Lipinski definition) is 4. The van der Waals surface area contributed by atoms with E-state index in [0.29, 0.717) is 6.61 Å². The van der Waals surface area contributed by atoms with Crippen molar-refractivity contribution in [3.63, 3.8) is 0 Å². The van der Waals surface area contributed by atoms with Crippen molar-refractivity contribution in [2.45, 2.75) is 26.9 Å². The van der Waals surface area contributed by atoms with Gasteiger partial charge >= 0.3 is 0 Å². The summed E-state index contributed by atoms with van der Waals surface area (Å²) in [4.78, 5) is 9.17. The van der Waals surface area contributed by atoms with Crippen LogP contribution in [0.2, 0.25) is 0 Å². The smallest absolute Gasteiger partial charge is 0.161 e. The minimum absolute atomic E-state index is 0.615. The molecule has 0 aliphatic carbocycles. The summed E-state index contributed by atoms with van der Waals surface area (Å²) in [6.45, 7) is 5.61. The minimum Gasteiger partial charge on any atom is -0.380 e. The van der Waals surface area contributed by atoms with Crippen molar-refractivity contribution >= 4 is 21.7 Å². The lowest BCUT2D eigenvalue weighted by molar-refractivity contribution is 0.185. The van der Waals surface area contributed by atoms with Gasteiger partial charge in [-0.25, -0.2) is 9.97 Å². The predicted molar refractivity (Wildman–Crippen MR) is 89.4 cm³/mol. The van der Waals surface area contributed by atoms with Crippen LogP contribution in [0.5, 0.6) is 0 Å². The normalized spacial score (nSPS) is 10.7. The first-order valence-electron chi connectivity index (χ1n) is 7.02. The van der Waals surface area contributed by atoms with E-state index in [1.54, 1.807) is 7.11 Å². The molecule has 0 radical (unpaired) electrons. The molecule has 0 unspecified atom stereocenters. The molecule has 2 aromatic rings. The van der Waals surface area contributed by atoms with Gasteiger partial charge in [0.2, 0.25) is 0 Å². The van der Waals surface area contributed by atoms with E-state index in [9.17, 15) is 0 Å². The molecule has 21 heavy (non-hydrogen) atoms. The van der Waals surface area contributed by atoms with Gasteiger partial charge in [-0.1, -0.05) is 31.2 Å². The van der Waals surface area contributed by atoms with Gasteiger partial charge in [0.25, 0.3) is 0 Å². The topological polar surface area (TPSA) is 47.0 Å². The van der Waals surface area contributed by atoms with Gasteiger partial charge in [0, 0.05) is 19.2 Å². The second-order valence-corrected chi connectivity index (χ2v) is 5.64. The molecule has 4 nitrogen and oxygen atoms in total. The Morgan fingerprint density at radius 1 is 1.19 bits per heavy atom. The lowest BCUT2D eigenvalue weighted by Gasteiger charge is -2.11. The summed E-state index contributed by atoms with van der Waals surface area (Å²) in [7, 11) is 1.70. The minimum atomic E-state index is 0.615. The summed E-state index contributed by atoms with van der Waals surface area (Å²) in [5, 5.41) is 3.33. The summed E-state index contributed by atoms with van der Waals surface area (Å²) in [6, 6.07) is 8.14. The Hall–Kier alpha value is -1.46. The standard InChI is InChI=1S/C16H20BrN3O/c1-4-9-18-16-14(17)11(2)19-15(20-16)13-7-5-12(6-8-13)10-21-3/h5-8H,4,9-10H2,1-3H3,(H,18,19,20). The molecule has 1 heterocycles. The van der Waals surface area contributed by atoms with Crippen molar-refractivity contribution in [3.05, 3.63) is 40.0 Å². The van der Waals surface area contributed by atoms with Crippen LogP contribution in [0.3, 0.4) is 0 Å². The number of hydrogen-bond donors (Lipinski definition) is 1. The molecule has 1 aromatic heterocycles. The Labute approximate surface area is 134 Å². The molecule has 0 amide bonds. The van der Waals surface area contributed by atoms with Crippen molar-refractivity contribution in [1.29, 1.82) is 0 Å². The van der Waals surface area contributed by atoms with Crippen molar-refractivity contribution in [2.75, 3.05) is 19.0 Å². The van der Waals surface area contributed by atoms with Gasteiger partial charge in [0.15, 0.2) is 5.82 Å². The number of benzene rings is 1. The fourth-order valence-corrected chi connectivity index (χ4v) is 2.28. The Morgan fingerprint density at radius 3 is 2.52 bits per heavy atom. The van der Waals surface area contributed by atoms with E-state index in [0.717, 1.165) is 45.9 Å². The third-order valence-corrected chi connectivity index (χ3v) is 4.03. The third-order valence-electron chi connectivity index (χ3n) is 3.08. The number of nitrogens with one attached hydrogen (secondary N) is 1. The zero-order valence-corrected chi connectivity index (χ0v) is 14.2. The lowest BCUT2D eigenvalue weighted by Crippen LogP contribution is -2.06. The van der Waals surface area contributed by atoms with Gasteiger partial charge in [-0.05, 0) is 34.8 Å². The molecule has 0 atom stereocenters. The summed E-state index contributed by atoms with van der Waals surface area (Å²) in [6.07, 6.45) is 1.05. The van der Waals surface area contributed by atoms with Crippen molar-refractivity contribution in [1.82, 2.24) is 9.97 Å². The maximum atomic E-state index is 5.12. The van der Waals surface area contributed by atoms with Crippen LogP contribution < -0.4 is 5.32 Å². The molecule has 0 saturated carbocycles. The van der Waals surface area contributed by atoms with Gasteiger partial charge in [-0.2, -0.15) is 0 Å². The van der Waals surface area contributed by atoms with E-state index in [1.807, 2.05) is 31.2 Å². The van der Waals surface area contributed by atoms with Crippen molar-refractivity contribution in [3.8, 4) is 11.4 Å². The first-order valence-corrected chi connectivity index (χ1v) is 7.81. The molecule has 1 aromatic carbocycles. The summed E-state index contributed by atoms with van der Waals surface area (Å²) < 4.78 is 6.05. The Morgan fingerprint density at radius 2 is 1.90 bits per heavy atom. The zero-order chi connectivity index (χ0) is 15.2. The molecule has 0 spiro atoms. The summed E-state index contributed by atoms with van der Waals surface area (Å²) in [5.41, 5.74) is 3.07. The van der Waals surface area contributed by atoms with Crippen LogP contribution in [-0.2, 0) is 11.3 Å². The third kappa shape index (κ3) is 4.02. The summed E-state index contributed by atoms with van der Waals surface area (Å²) in [5.74, 6) is 1.58. The highest BCUT2D eigenvalue weighted by Gasteiger charge is 2.10. The van der Waals surface area contributed by atoms with Crippen LogP contribution >= 0.6 is 15.9 Å². The fourth-order valence-electron chi connectivity index (χ4n) is 1.97. The Balaban J connectivity index is 2.32. The average Bonchev–Trinajstić information content (AvgIpc) is 2.50. The molecule has 1 N–H and O–H groups in total. The van der Waals surface area contributed by atoms with Gasteiger partial charge < -0.3 is 10.1 Å². The quantitative estimate of drug-likeness (QED) is 0.849. The van der Waals surface area contributed by atoms with E-state index in [2.05, 4.69) is 38.1 Å². The van der Waals surface area contributed by atoms with Crippen LogP contribution in [0.1, 0.15) is 24.6 Å². The Bertz CT molecular complexity index is 599. The molecule has 112 valence electrons. The van der Waals surface area contributed by atoms with E-state index < -0.39 is 0 Å². The van der Waals surface area contributed by atoms with Crippen molar-refractivity contribution in [2.24, 2.45) is 0 Å². The van der Waals surface area contributed by atoms with Gasteiger partial charge in [0.1, 0.15) is 5.82 Å². The molecular weight excluding hydrogens is 330 g/mol. The monoisotopic (exact) mass is 349 g/mol. The second-order valence-electron chi connectivity index (χ2n) is 4.85. The molecule has 0 saturated heterocycles. The Kier molecular flexibility index (Phi) is 5.70. The maximum absolute atomic E-state index is 5.12. The second kappa shape index (κ2) is 7.52. The predicted octanol–water partition coefficient (Wildman–Crippen LogP) is 4.18. The van der Waals surface area contributed by atoms with Gasteiger partial charge in [-0.15, -0.1) is 0 Å². The van der Waals surface area contributed by atoms with E-state index in [-0.39, 0.29) is 0 Å². The number of methoxy groups -OCH3 is 1. The number of nitrogens with zero attached hydrogens (tertiary/aromatic N) is 2. The maximum Gasteiger partial charge on any atom is 0.161 e. The molecule has 2 rings (SSSR count). The van der Waals surface area contributed by atoms with Gasteiger partial charge in [-0.3, -0.25) is 0 Å². The van der Waals surface area contributed by atoms with E-state index in [4.69, 9.17) is 4.74 Å². The molecule has 0 aliphatic rings. The molecular formula is C16H20BrN3O. The largest absolute Gasteiger partial charge is 0.380 e. The molecule has 0 aliphatic heterocycles. The van der Waals surface area contributed by atoms with Gasteiger partial charge in [0.05, 0.1) is 16.8 Å². The number of anilines is 1. The highest BCUT2D eigenvalue weighted by atomic mass is 79.9. The van der Waals surface area contributed by atoms with Crippen LogP contribution in [0.15, 0.2) is 28.7 Å². The fraction of sp³-hybridized carbons (Fsp3) is 0.375. The SMILES string of the molecule is CCCNc1nc(-c2ccc(COC)cc2)nc(C)c1Br. The first kappa shape index (κ1) is 15.9. The molecule has 5 heteroatoms. The number of halogens is 1. The first-order chi connectivity index (χ1) is 10.2. The van der Waals surface area contributed by atoms with E-state index in [1.165, 1.54) is 0 Å². The number of ether oxygens (including phenoxy) is 1. The van der Waals surface area contributed by atoms with Crippen LogP contribution in [0, 0.1) is 6.92 Å². The molecule has 0 fully saturated rings. The highest BCUT2D eigenvalue weighted by Crippen LogP contribution is 2.27. The highest BCUT2D eigenvalue weighted by molar-refractivity contribution is 9.10. The average molecular weight is 350 g/mol. The zero-order valence-electron chi connectivity index (χ0n) is 12.6. The lowest BCUT2D eigenvalue weighted by atomic mass is 10.1. The number of rotatable bonds is 6. The molecule has 0 bridgehead atoms. The van der Waals surface area contributed by atoms with Crippen molar-refractivity contribution < 1.29 is 4.74 Å². The van der Waals surface area contributed by atoms with Crippen LogP contribution in [0.25, 0.3) is 11.4 Å². The van der Waals surface area contributed by atoms with Crippen LogP contribution in [0.4, 0.5) is 5.82 Å². The number of aromatic nitrogens is 2. The van der Waals surface area contributed by atoms with E-state index >= 15 is 0 Å². The summed E-state index contributed by atoms with van der Waals surface area (Å²) >= 11 is 3.55. The number of aryl methyl sites for hydroxylation is 1. The van der Waals surface area contributed by atoms with Crippen LogP contribution in [-0.4, -0.2) is 23.6 Å².